The number of carbonyl (C=O) groups is 3. The number of sulfonamides is 1. The van der Waals surface area contributed by atoms with E-state index in [9.17, 15) is 33.0 Å². The van der Waals surface area contributed by atoms with Crippen LogP contribution in [0.1, 0.15) is 18.9 Å². The Labute approximate surface area is 271 Å². The molecule has 4 fully saturated rings. The van der Waals surface area contributed by atoms with Gasteiger partial charge in [-0.2, -0.15) is 0 Å². The number of primary amides is 1. The van der Waals surface area contributed by atoms with Crippen LogP contribution in [0.4, 0.5) is 10.5 Å². The lowest BCUT2D eigenvalue weighted by molar-refractivity contribution is -1.08. The van der Waals surface area contributed by atoms with E-state index in [1.807, 2.05) is 18.2 Å². The number of benzene rings is 2. The summed E-state index contributed by atoms with van der Waals surface area (Å²) in [7, 11) is -4.01. The number of hydrogen-bond donors (Lipinski definition) is 2. The van der Waals surface area contributed by atoms with Crippen LogP contribution in [0.5, 0.6) is 0 Å². The van der Waals surface area contributed by atoms with Gasteiger partial charge >= 0.3 is 6.03 Å². The number of nitrogens with zero attached hydrogens (tertiary/aromatic N) is 4. The average molecular weight is 671 g/mol. The highest BCUT2D eigenvalue weighted by molar-refractivity contribution is 8.04. The molecule has 3 N–H and O–H groups in total. The summed E-state index contributed by atoms with van der Waals surface area (Å²) in [4.78, 5) is 37.2. The number of β-lactam (4-membered cyclic amide) rings is 1. The molecule has 3 amide bonds. The van der Waals surface area contributed by atoms with Crippen LogP contribution in [0.2, 0.25) is 0 Å². The number of carboxylic acid groups (broad SMARTS) is 1. The molecule has 246 valence electrons. The number of anilines is 1. The lowest BCUT2D eigenvalue weighted by atomic mass is 9.92. The van der Waals surface area contributed by atoms with E-state index in [0.29, 0.717) is 17.6 Å². The molecule has 15 heteroatoms. The number of carbonyl (C=O) groups excluding carboxylic acids is 3. The number of rotatable bonds is 11. The molecule has 46 heavy (non-hydrogen) atoms. The Balaban J connectivity index is 1.10. The summed E-state index contributed by atoms with van der Waals surface area (Å²) in [5.74, 6) is -3.00. The van der Waals surface area contributed by atoms with Crippen molar-refractivity contribution in [2.75, 3.05) is 69.8 Å². The van der Waals surface area contributed by atoms with Gasteiger partial charge in [-0.1, -0.05) is 25.1 Å². The Bertz CT molecular complexity index is 1770. The van der Waals surface area contributed by atoms with Gasteiger partial charge in [0.1, 0.15) is 39.3 Å². The number of thioether (sulfide) groups is 1. The smallest absolute Gasteiger partial charge is 0.312 e. The molecule has 6 aliphatic rings. The highest BCUT2D eigenvalue weighted by Gasteiger charge is 2.55. The lowest BCUT2D eigenvalue weighted by Gasteiger charge is -2.55. The maximum atomic E-state index is 13.9. The maximum Gasteiger partial charge on any atom is 0.312 e. The molecule has 2 bridgehead atoms. The van der Waals surface area contributed by atoms with E-state index in [1.54, 1.807) is 12.1 Å². The van der Waals surface area contributed by atoms with E-state index >= 15 is 0 Å². The molecule has 0 spiro atoms. The topological polar surface area (TPSA) is 176 Å². The quantitative estimate of drug-likeness (QED) is 0.171. The van der Waals surface area contributed by atoms with E-state index < -0.39 is 45.3 Å². The molecule has 6 heterocycles. The zero-order valence-corrected chi connectivity index (χ0v) is 27.3. The second-order valence-corrected chi connectivity index (χ2v) is 16.3. The van der Waals surface area contributed by atoms with Gasteiger partial charge in [-0.3, -0.25) is 14.0 Å². The number of nitrogens with two attached hydrogens (primary N) is 1. The highest BCUT2D eigenvalue weighted by Crippen LogP contribution is 2.52. The first-order valence-corrected chi connectivity index (χ1v) is 18.1. The molecule has 0 aliphatic carbocycles. The largest absolute Gasteiger partial charge is 0.852 e. The van der Waals surface area contributed by atoms with Crippen LogP contribution in [0.3, 0.4) is 0 Å². The summed E-state index contributed by atoms with van der Waals surface area (Å²) in [6, 6.07) is 8.59. The van der Waals surface area contributed by atoms with Crippen molar-refractivity contribution in [2.45, 2.75) is 36.1 Å². The van der Waals surface area contributed by atoms with Crippen LogP contribution in [0.15, 0.2) is 45.8 Å². The van der Waals surface area contributed by atoms with Crippen LogP contribution in [0, 0.1) is 5.92 Å². The van der Waals surface area contributed by atoms with Crippen molar-refractivity contribution in [2.24, 2.45) is 11.7 Å². The lowest BCUT2D eigenvalue weighted by Crippen LogP contribution is -2.75. The van der Waals surface area contributed by atoms with Crippen molar-refractivity contribution in [1.29, 1.82) is 0 Å². The van der Waals surface area contributed by atoms with Crippen LogP contribution >= 0.6 is 11.8 Å². The van der Waals surface area contributed by atoms with Crippen LogP contribution < -0.4 is 25.6 Å². The number of carboxylic acids is 1. The van der Waals surface area contributed by atoms with E-state index in [1.165, 1.54) is 11.2 Å². The fourth-order valence-corrected chi connectivity index (χ4v) is 11.5. The van der Waals surface area contributed by atoms with Gasteiger partial charge in [0.05, 0.1) is 53.2 Å². The van der Waals surface area contributed by atoms with Crippen molar-refractivity contribution in [3.8, 4) is 0 Å². The van der Waals surface area contributed by atoms with Crippen molar-refractivity contribution in [3.63, 3.8) is 0 Å². The number of quaternary nitrogens is 2. The van der Waals surface area contributed by atoms with E-state index in [0.717, 1.165) is 102 Å². The monoisotopic (exact) mass is 670 g/mol. The zero-order valence-electron chi connectivity index (χ0n) is 25.6. The molecule has 2 unspecified atom stereocenters. The third-order valence-corrected chi connectivity index (χ3v) is 14.0. The SMILES string of the molecule is C[C@H]([O-])C1C(=O)N2C(C(=O)[O-])=C(CN3c4cccc5c(CC[N+]67CC[N+](CCCNC(N)=O)(CC6)CC7)ccc(c45)S3(=O)=O)SC12. The Hall–Kier alpha value is -3.37. The number of amides is 3. The number of urea groups is 1. The summed E-state index contributed by atoms with van der Waals surface area (Å²) >= 11 is 1.06. The Morgan fingerprint density at radius 3 is 2.39 bits per heavy atom. The van der Waals surface area contributed by atoms with Crippen LogP contribution in [-0.4, -0.2) is 117 Å². The predicted molar refractivity (Wildman–Crippen MR) is 167 cm³/mol. The molecule has 0 aromatic heterocycles. The highest BCUT2D eigenvalue weighted by atomic mass is 32.2. The van der Waals surface area contributed by atoms with Gasteiger partial charge in [0.25, 0.3) is 10.0 Å². The van der Waals surface area contributed by atoms with Gasteiger partial charge in [0, 0.05) is 29.7 Å². The molecule has 0 radical (unpaired) electrons. The third-order valence-electron chi connectivity index (χ3n) is 10.9. The fourth-order valence-electron chi connectivity index (χ4n) is 8.15. The van der Waals surface area contributed by atoms with Crippen molar-refractivity contribution < 1.29 is 42.0 Å². The number of fused-ring (bicyclic) bond motifs is 4. The Kier molecular flexibility index (Phi) is 7.55. The minimum absolute atomic E-state index is 0.182. The standard InChI is InChI=1S/C31H38N6O7S2/c1-19(38)25-28(39)35-27(30(40)41)23(45-29(25)35)18-34-22-5-2-4-21-20(6-7-24(26(21)22)46(34,43)44)8-11-37-15-12-36(13-16-37,14-17-37)10-3-9-33-31(32)42/h2,4-7,19,25,29H,3,8-18H2,1H3,(H3-,32,33,40,41,42)/t19-,25?,29?,36?,37?/m0/s1. The third kappa shape index (κ3) is 4.86. The minimum Gasteiger partial charge on any atom is -0.852 e. The van der Waals surface area contributed by atoms with Gasteiger partial charge in [-0.15, -0.1) is 17.9 Å². The van der Waals surface area contributed by atoms with Crippen molar-refractivity contribution in [1.82, 2.24) is 10.2 Å². The van der Waals surface area contributed by atoms with E-state index in [4.69, 9.17) is 5.73 Å². The van der Waals surface area contributed by atoms with Crippen LogP contribution in [-0.2, 0) is 26.0 Å². The molecule has 3 atom stereocenters. The normalized spacial score (nSPS) is 29.7. The molecule has 13 nitrogen and oxygen atoms in total. The van der Waals surface area contributed by atoms with Gasteiger partial charge in [0.2, 0.25) is 5.91 Å². The Morgan fingerprint density at radius 1 is 1.09 bits per heavy atom. The Morgan fingerprint density at radius 2 is 1.76 bits per heavy atom. The van der Waals surface area contributed by atoms with Crippen LogP contribution in [0.25, 0.3) is 10.8 Å². The number of piperazine rings is 3. The first-order chi connectivity index (χ1) is 21.9. The minimum atomic E-state index is -4.01. The summed E-state index contributed by atoms with van der Waals surface area (Å²) < 4.78 is 31.1. The van der Waals surface area contributed by atoms with Gasteiger partial charge < -0.3 is 35.0 Å². The van der Waals surface area contributed by atoms with Gasteiger partial charge in [-0.05, 0) is 23.1 Å². The van der Waals surface area contributed by atoms with Crippen molar-refractivity contribution in [3.05, 3.63) is 46.5 Å². The molecule has 8 rings (SSSR count). The second kappa shape index (κ2) is 11.1. The summed E-state index contributed by atoms with van der Waals surface area (Å²) in [6.45, 7) is 10.3. The summed E-state index contributed by atoms with van der Waals surface area (Å²) in [5.41, 5.74) is 6.40. The number of nitrogens with one attached hydrogen (secondary N) is 1. The van der Waals surface area contributed by atoms with E-state index in [2.05, 4.69) is 5.32 Å². The molecule has 2 aromatic carbocycles. The van der Waals surface area contributed by atoms with Crippen molar-refractivity contribution >= 4 is 56.2 Å². The average Bonchev–Trinajstić information content (AvgIpc) is 3.45. The summed E-state index contributed by atoms with van der Waals surface area (Å²) in [6.07, 6.45) is 0.492. The molecule has 4 saturated heterocycles. The summed E-state index contributed by atoms with van der Waals surface area (Å²) in [5, 5.41) is 27.8. The first-order valence-electron chi connectivity index (χ1n) is 15.8. The van der Waals surface area contributed by atoms with E-state index in [-0.39, 0.29) is 22.0 Å². The maximum absolute atomic E-state index is 13.9. The second-order valence-electron chi connectivity index (χ2n) is 13.3. The molecular formula is C31H38N6O7S2. The molecule has 0 saturated carbocycles. The predicted octanol–water partition coefficient (Wildman–Crippen LogP) is -1.15. The first kappa shape index (κ1) is 31.2. The molecule has 6 aliphatic heterocycles. The van der Waals surface area contributed by atoms with Gasteiger partial charge in [0.15, 0.2) is 0 Å². The number of hydrogen-bond acceptors (Lipinski definition) is 8. The molecular weight excluding hydrogens is 633 g/mol. The number of aliphatic carboxylic acids is 1. The molecule has 2 aromatic rings. The zero-order chi connectivity index (χ0) is 32.6. The fraction of sp³-hybridized carbons (Fsp3) is 0.516. The van der Waals surface area contributed by atoms with Gasteiger partial charge in [-0.25, -0.2) is 13.2 Å².